The van der Waals surface area contributed by atoms with Crippen molar-refractivity contribution in [2.75, 3.05) is 0 Å². The quantitative estimate of drug-likeness (QED) is 0.372. The molecule has 1 saturated heterocycles. The third-order valence-corrected chi connectivity index (χ3v) is 13.3. The molecule has 0 amide bonds. The summed E-state index contributed by atoms with van der Waals surface area (Å²) in [6.45, 7) is 10.8. The number of imidazole rings is 1. The molecular formula is C26H35BrN2O2Si. The van der Waals surface area contributed by atoms with Gasteiger partial charge < -0.3 is 9.72 Å². The number of nitrogens with zero attached hydrogens (tertiary/aromatic N) is 1. The van der Waals surface area contributed by atoms with E-state index in [-0.39, 0.29) is 16.9 Å². The fraction of sp³-hybridized carbons (Fsp3) is 0.615. The van der Waals surface area contributed by atoms with Crippen molar-refractivity contribution in [2.45, 2.75) is 88.9 Å². The second-order valence-electron chi connectivity index (χ2n) is 11.4. The first-order chi connectivity index (χ1) is 15.1. The van der Waals surface area contributed by atoms with Crippen LogP contribution < -0.4 is 0 Å². The van der Waals surface area contributed by atoms with E-state index in [1.807, 2.05) is 20.8 Å². The van der Waals surface area contributed by atoms with Crippen LogP contribution in [0.15, 0.2) is 22.7 Å². The van der Waals surface area contributed by atoms with Gasteiger partial charge in [0, 0.05) is 30.4 Å². The summed E-state index contributed by atoms with van der Waals surface area (Å²) in [5.41, 5.74) is 4.68. The highest BCUT2D eigenvalue weighted by Gasteiger charge is 2.60. The molecule has 1 aliphatic heterocycles. The highest BCUT2D eigenvalue weighted by molar-refractivity contribution is 9.10. The Labute approximate surface area is 201 Å². The van der Waals surface area contributed by atoms with Gasteiger partial charge in [-0.1, -0.05) is 41.9 Å². The molecule has 2 aromatic rings. The van der Waals surface area contributed by atoms with Crippen molar-refractivity contribution in [3.05, 3.63) is 39.8 Å². The smallest absolute Gasteiger partial charge is 0.309 e. The number of aromatic nitrogens is 2. The highest BCUT2D eigenvalue weighted by Crippen LogP contribution is 2.67. The van der Waals surface area contributed by atoms with Crippen molar-refractivity contribution in [1.29, 1.82) is 0 Å². The molecule has 2 heterocycles. The van der Waals surface area contributed by atoms with E-state index in [0.29, 0.717) is 11.8 Å². The molecule has 1 spiro atoms. The van der Waals surface area contributed by atoms with Crippen LogP contribution in [-0.4, -0.2) is 30.3 Å². The maximum Gasteiger partial charge on any atom is 0.309 e. The summed E-state index contributed by atoms with van der Waals surface area (Å²) in [6, 6.07) is 7.63. The van der Waals surface area contributed by atoms with E-state index in [2.05, 4.69) is 52.6 Å². The number of aryl methyl sites for hydroxylation is 2. The van der Waals surface area contributed by atoms with Crippen molar-refractivity contribution >= 4 is 30.7 Å². The van der Waals surface area contributed by atoms with Crippen LogP contribution >= 0.6 is 15.9 Å². The van der Waals surface area contributed by atoms with E-state index < -0.39 is 14.4 Å². The molecule has 32 heavy (non-hydrogen) atoms. The first-order valence-electron chi connectivity index (χ1n) is 12.2. The van der Waals surface area contributed by atoms with Crippen molar-refractivity contribution in [2.24, 2.45) is 11.8 Å². The Balaban J connectivity index is 1.48. The lowest BCUT2D eigenvalue weighted by Gasteiger charge is -2.39. The number of fused-ring (bicyclic) bond motifs is 3. The van der Waals surface area contributed by atoms with Gasteiger partial charge in [-0.2, -0.15) is 0 Å². The van der Waals surface area contributed by atoms with Crippen molar-refractivity contribution in [3.63, 3.8) is 0 Å². The SMILES string of the molecule is CC1C(C(=O)OC(C)(C)C)C[SiH](C)C12CCCC2c1nc2c([nH]1)CCc1cc(Br)ccc1-2. The van der Waals surface area contributed by atoms with Gasteiger partial charge in [0.05, 0.1) is 11.6 Å². The molecule has 1 N–H and O–H groups in total. The summed E-state index contributed by atoms with van der Waals surface area (Å²) >= 11 is 3.62. The fourth-order valence-corrected chi connectivity index (χ4v) is 12.2. The number of H-pyrrole nitrogens is 1. The van der Waals surface area contributed by atoms with Crippen LogP contribution in [0.2, 0.25) is 17.6 Å². The minimum Gasteiger partial charge on any atom is -0.460 e. The van der Waals surface area contributed by atoms with Gasteiger partial charge in [-0.25, -0.2) is 4.98 Å². The number of halogens is 1. The van der Waals surface area contributed by atoms with E-state index >= 15 is 0 Å². The third-order valence-electron chi connectivity index (χ3n) is 8.53. The Morgan fingerprint density at radius 3 is 2.84 bits per heavy atom. The number of carbonyl (C=O) groups is 1. The Kier molecular flexibility index (Phi) is 5.48. The molecule has 5 rings (SSSR count). The zero-order chi connectivity index (χ0) is 22.8. The standard InChI is InChI=1S/C26H35BrN2O2Si/c1-15-19(24(30)31-25(2,3)4)14-32(5)26(15)12-6-7-20(26)23-28-21-11-8-16-13-17(27)9-10-18(16)22(21)29-23/h9-10,13,15,19-20,32H,6-8,11-12,14H2,1-5H3,(H,28,29). The van der Waals surface area contributed by atoms with E-state index in [1.54, 1.807) is 0 Å². The van der Waals surface area contributed by atoms with Crippen LogP contribution in [0.3, 0.4) is 0 Å². The average molecular weight is 516 g/mol. The largest absolute Gasteiger partial charge is 0.460 e. The number of hydrogen-bond acceptors (Lipinski definition) is 3. The molecule has 0 radical (unpaired) electrons. The molecule has 2 fully saturated rings. The third kappa shape index (κ3) is 3.53. The molecule has 1 aromatic carbocycles. The predicted octanol–water partition coefficient (Wildman–Crippen LogP) is 6.41. The Morgan fingerprint density at radius 1 is 1.31 bits per heavy atom. The van der Waals surface area contributed by atoms with E-state index in [1.165, 1.54) is 41.9 Å². The van der Waals surface area contributed by atoms with Gasteiger partial charge in [-0.15, -0.1) is 0 Å². The van der Waals surface area contributed by atoms with Gasteiger partial charge >= 0.3 is 5.97 Å². The number of hydrogen-bond donors (Lipinski definition) is 1. The van der Waals surface area contributed by atoms with E-state index in [4.69, 9.17) is 9.72 Å². The summed E-state index contributed by atoms with van der Waals surface area (Å²) in [5.74, 6) is 2.04. The van der Waals surface area contributed by atoms with Crippen LogP contribution in [0, 0.1) is 11.8 Å². The number of rotatable bonds is 2. The lowest BCUT2D eigenvalue weighted by atomic mass is 9.77. The Morgan fingerprint density at radius 2 is 2.09 bits per heavy atom. The molecule has 1 saturated carbocycles. The number of esters is 1. The highest BCUT2D eigenvalue weighted by atomic mass is 79.9. The monoisotopic (exact) mass is 514 g/mol. The number of ether oxygens (including phenoxy) is 1. The van der Waals surface area contributed by atoms with Gasteiger partial charge in [0.2, 0.25) is 0 Å². The predicted molar refractivity (Wildman–Crippen MR) is 135 cm³/mol. The Hall–Kier alpha value is -1.40. The number of nitrogens with one attached hydrogen (secondary N) is 1. The average Bonchev–Trinajstić information content (AvgIpc) is 3.39. The number of aromatic amines is 1. The summed E-state index contributed by atoms with van der Waals surface area (Å²) in [4.78, 5) is 22.1. The van der Waals surface area contributed by atoms with Crippen LogP contribution in [0.4, 0.5) is 0 Å². The molecule has 5 unspecified atom stereocenters. The van der Waals surface area contributed by atoms with Crippen LogP contribution in [0.25, 0.3) is 11.3 Å². The minimum atomic E-state index is -1.16. The summed E-state index contributed by atoms with van der Waals surface area (Å²) < 4.78 is 6.99. The molecule has 4 nitrogen and oxygen atoms in total. The lowest BCUT2D eigenvalue weighted by molar-refractivity contribution is -0.161. The number of benzene rings is 1. The van der Waals surface area contributed by atoms with Gasteiger partial charge in [0.15, 0.2) is 0 Å². The fourth-order valence-electron chi connectivity index (χ4n) is 7.15. The zero-order valence-corrected chi connectivity index (χ0v) is 22.7. The van der Waals surface area contributed by atoms with Gasteiger partial charge in [0.1, 0.15) is 11.4 Å². The topological polar surface area (TPSA) is 55.0 Å². The summed E-state index contributed by atoms with van der Waals surface area (Å²) in [5, 5.41) is 0.255. The molecule has 5 atom stereocenters. The summed E-state index contributed by atoms with van der Waals surface area (Å²) in [7, 11) is -1.16. The maximum atomic E-state index is 13.1. The summed E-state index contributed by atoms with van der Waals surface area (Å²) in [6.07, 6.45) is 5.74. The minimum absolute atomic E-state index is 0.0186. The van der Waals surface area contributed by atoms with Crippen LogP contribution in [0.5, 0.6) is 0 Å². The van der Waals surface area contributed by atoms with Crippen molar-refractivity contribution in [1.82, 2.24) is 9.97 Å². The first kappa shape index (κ1) is 22.4. The second-order valence-corrected chi connectivity index (χ2v) is 15.6. The van der Waals surface area contributed by atoms with E-state index in [9.17, 15) is 4.79 Å². The van der Waals surface area contributed by atoms with Crippen molar-refractivity contribution < 1.29 is 9.53 Å². The van der Waals surface area contributed by atoms with Gasteiger partial charge in [-0.3, -0.25) is 4.79 Å². The molecule has 1 aromatic heterocycles. The second kappa shape index (κ2) is 7.83. The van der Waals surface area contributed by atoms with Crippen LogP contribution in [0.1, 0.15) is 70.0 Å². The Bertz CT molecular complexity index is 1060. The molecule has 6 heteroatoms. The van der Waals surface area contributed by atoms with Crippen molar-refractivity contribution in [3.8, 4) is 11.3 Å². The first-order valence-corrected chi connectivity index (χ1v) is 15.5. The molecular weight excluding hydrogens is 480 g/mol. The van der Waals surface area contributed by atoms with Gasteiger partial charge in [-0.05, 0) is 81.2 Å². The molecule has 0 bridgehead atoms. The number of carbonyl (C=O) groups excluding carboxylic acids is 1. The molecule has 3 aliphatic rings. The van der Waals surface area contributed by atoms with E-state index in [0.717, 1.165) is 29.1 Å². The molecule has 2 aliphatic carbocycles. The normalized spacial score (nSPS) is 31.6. The van der Waals surface area contributed by atoms with Crippen LogP contribution in [-0.2, 0) is 22.4 Å². The van der Waals surface area contributed by atoms with Gasteiger partial charge in [0.25, 0.3) is 0 Å². The maximum absolute atomic E-state index is 13.1. The molecule has 172 valence electrons. The lowest BCUT2D eigenvalue weighted by Crippen LogP contribution is -2.34. The zero-order valence-electron chi connectivity index (χ0n) is 19.9.